The van der Waals surface area contributed by atoms with Crippen LogP contribution in [-0.4, -0.2) is 42.4 Å². The molecular formula is C28H26N2O4. The summed E-state index contributed by atoms with van der Waals surface area (Å²) in [5, 5.41) is 7.89. The molecule has 4 aromatic rings. The topological polar surface area (TPSA) is 67.9 Å². The van der Waals surface area contributed by atoms with Crippen LogP contribution in [0.3, 0.4) is 0 Å². The van der Waals surface area contributed by atoms with Crippen LogP contribution in [0.1, 0.15) is 13.8 Å². The van der Waals surface area contributed by atoms with Gasteiger partial charge in [0.25, 0.3) is 0 Å². The van der Waals surface area contributed by atoms with E-state index in [2.05, 4.69) is 59.9 Å². The van der Waals surface area contributed by atoms with Gasteiger partial charge in [-0.05, 0) is 21.7 Å². The van der Waals surface area contributed by atoms with Crippen molar-refractivity contribution in [3.8, 4) is 11.1 Å². The lowest BCUT2D eigenvalue weighted by Gasteiger charge is -2.36. The molecule has 172 valence electrons. The third-order valence-corrected chi connectivity index (χ3v) is 6.41. The van der Waals surface area contributed by atoms with E-state index in [0.717, 1.165) is 38.4 Å². The summed E-state index contributed by atoms with van der Waals surface area (Å²) < 4.78 is 11.0. The number of fused-ring (bicyclic) bond motifs is 2. The number of nitrogens with zero attached hydrogens (tertiary/aromatic N) is 1. The number of ether oxygens (including phenoxy) is 2. The molecule has 0 radical (unpaired) electrons. The zero-order valence-corrected chi connectivity index (χ0v) is 19.2. The van der Waals surface area contributed by atoms with Crippen LogP contribution in [-0.2, 0) is 19.1 Å². The van der Waals surface area contributed by atoms with E-state index in [9.17, 15) is 9.59 Å². The van der Waals surface area contributed by atoms with Gasteiger partial charge in [0.15, 0.2) is 0 Å². The Hall–Kier alpha value is -3.90. The highest BCUT2D eigenvalue weighted by Gasteiger charge is 2.52. The maximum absolute atomic E-state index is 12.0. The molecule has 4 aromatic carbocycles. The normalized spacial score (nSPS) is 15.0. The summed E-state index contributed by atoms with van der Waals surface area (Å²) >= 11 is 0. The van der Waals surface area contributed by atoms with E-state index in [1.165, 1.54) is 0 Å². The highest BCUT2D eigenvalue weighted by Crippen LogP contribution is 2.39. The lowest BCUT2D eigenvalue weighted by atomic mass is 9.94. The maximum atomic E-state index is 12.0. The number of hydrogen-bond acceptors (Lipinski definition) is 6. The van der Waals surface area contributed by atoms with Crippen molar-refractivity contribution in [1.82, 2.24) is 4.90 Å². The molecule has 0 atom stereocenters. The van der Waals surface area contributed by atoms with Crippen molar-refractivity contribution in [1.29, 1.82) is 0 Å². The van der Waals surface area contributed by atoms with Crippen LogP contribution in [0.2, 0.25) is 0 Å². The fourth-order valence-electron chi connectivity index (χ4n) is 4.76. The summed E-state index contributed by atoms with van der Waals surface area (Å²) in [6.45, 7) is 5.06. The van der Waals surface area contributed by atoms with Gasteiger partial charge in [-0.2, -0.15) is 0 Å². The van der Waals surface area contributed by atoms with Crippen LogP contribution < -0.4 is 5.32 Å². The Bertz CT molecular complexity index is 1370. The Kier molecular flexibility index (Phi) is 5.67. The minimum absolute atomic E-state index is 0.0952. The summed E-state index contributed by atoms with van der Waals surface area (Å²) in [6.07, 6.45) is 0. The van der Waals surface area contributed by atoms with E-state index in [-0.39, 0.29) is 6.54 Å². The van der Waals surface area contributed by atoms with Crippen molar-refractivity contribution in [3.05, 3.63) is 78.9 Å². The SMILES string of the molecule is CCN(CC)C1(CNc2c(-c3cccc4ccccc34)ccc3ccccc23)OC(=O)C(=O)O1. The number of cyclic esters (lactones) is 2. The van der Waals surface area contributed by atoms with E-state index >= 15 is 0 Å². The predicted octanol–water partition coefficient (Wildman–Crippen LogP) is 5.17. The van der Waals surface area contributed by atoms with Crippen molar-refractivity contribution in [2.75, 3.05) is 25.0 Å². The monoisotopic (exact) mass is 454 g/mol. The number of carbonyl (C=O) groups is 2. The van der Waals surface area contributed by atoms with Gasteiger partial charge in [0.2, 0.25) is 0 Å². The average molecular weight is 455 g/mol. The molecular weight excluding hydrogens is 428 g/mol. The number of hydrogen-bond donors (Lipinski definition) is 1. The molecule has 0 aromatic heterocycles. The lowest BCUT2D eigenvalue weighted by molar-refractivity contribution is -0.240. The third-order valence-electron chi connectivity index (χ3n) is 6.41. The molecule has 1 aliphatic rings. The Balaban J connectivity index is 1.64. The lowest BCUT2D eigenvalue weighted by Crippen LogP contribution is -2.54. The molecule has 1 aliphatic heterocycles. The molecule has 6 nitrogen and oxygen atoms in total. The van der Waals surface area contributed by atoms with Crippen LogP contribution in [0.4, 0.5) is 5.69 Å². The molecule has 1 saturated heterocycles. The minimum Gasteiger partial charge on any atom is -0.398 e. The van der Waals surface area contributed by atoms with Crippen molar-refractivity contribution >= 4 is 39.2 Å². The summed E-state index contributed by atoms with van der Waals surface area (Å²) in [6, 6.07) is 26.8. The molecule has 6 heteroatoms. The number of likely N-dealkylation sites (N-methyl/N-ethyl adjacent to an activating group) is 1. The van der Waals surface area contributed by atoms with Crippen LogP contribution in [0.15, 0.2) is 78.9 Å². The Morgan fingerprint density at radius 2 is 1.29 bits per heavy atom. The van der Waals surface area contributed by atoms with Crippen molar-refractivity contribution in [2.24, 2.45) is 0 Å². The predicted molar refractivity (Wildman–Crippen MR) is 133 cm³/mol. The first kappa shape index (κ1) is 21.9. The van der Waals surface area contributed by atoms with Gasteiger partial charge in [-0.3, -0.25) is 0 Å². The van der Waals surface area contributed by atoms with Gasteiger partial charge in [-0.25, -0.2) is 14.5 Å². The van der Waals surface area contributed by atoms with Gasteiger partial charge in [0.1, 0.15) is 6.54 Å². The Labute approximate surface area is 198 Å². The van der Waals surface area contributed by atoms with Crippen LogP contribution in [0, 0.1) is 0 Å². The van der Waals surface area contributed by atoms with Crippen LogP contribution in [0.25, 0.3) is 32.7 Å². The summed E-state index contributed by atoms with van der Waals surface area (Å²) in [5.41, 5.74) is 2.99. The van der Waals surface area contributed by atoms with Gasteiger partial charge >= 0.3 is 17.8 Å². The third kappa shape index (κ3) is 3.66. The van der Waals surface area contributed by atoms with E-state index < -0.39 is 17.8 Å². The zero-order valence-electron chi connectivity index (χ0n) is 19.2. The number of nitrogens with one attached hydrogen (secondary N) is 1. The Morgan fingerprint density at radius 1 is 0.706 bits per heavy atom. The number of esters is 2. The summed E-state index contributed by atoms with van der Waals surface area (Å²) in [7, 11) is 0. The molecule has 0 amide bonds. The second-order valence-corrected chi connectivity index (χ2v) is 8.25. The van der Waals surface area contributed by atoms with Gasteiger partial charge in [0, 0.05) is 24.0 Å². The quantitative estimate of drug-likeness (QED) is 0.307. The van der Waals surface area contributed by atoms with E-state index in [1.807, 2.05) is 43.0 Å². The molecule has 0 unspecified atom stereocenters. The molecule has 0 saturated carbocycles. The first-order chi connectivity index (χ1) is 16.6. The summed E-state index contributed by atoms with van der Waals surface area (Å²) in [5.74, 6) is -3.44. The van der Waals surface area contributed by atoms with Crippen LogP contribution >= 0.6 is 0 Å². The van der Waals surface area contributed by atoms with E-state index in [0.29, 0.717) is 13.1 Å². The van der Waals surface area contributed by atoms with Crippen molar-refractivity contribution in [3.63, 3.8) is 0 Å². The van der Waals surface area contributed by atoms with Gasteiger partial charge in [-0.1, -0.05) is 92.7 Å². The molecule has 1 N–H and O–H groups in total. The summed E-state index contributed by atoms with van der Waals surface area (Å²) in [4.78, 5) is 25.9. The van der Waals surface area contributed by atoms with Gasteiger partial charge < -0.3 is 14.8 Å². The number of rotatable bonds is 7. The van der Waals surface area contributed by atoms with Gasteiger partial charge in [0.05, 0.1) is 5.69 Å². The van der Waals surface area contributed by atoms with Crippen molar-refractivity contribution < 1.29 is 19.1 Å². The van der Waals surface area contributed by atoms with Gasteiger partial charge in [-0.15, -0.1) is 0 Å². The molecule has 34 heavy (non-hydrogen) atoms. The molecule has 0 bridgehead atoms. The highest BCUT2D eigenvalue weighted by molar-refractivity contribution is 6.31. The molecule has 0 spiro atoms. The maximum Gasteiger partial charge on any atom is 0.421 e. The highest BCUT2D eigenvalue weighted by atomic mass is 16.8. The van der Waals surface area contributed by atoms with Crippen LogP contribution in [0.5, 0.6) is 0 Å². The van der Waals surface area contributed by atoms with E-state index in [4.69, 9.17) is 9.47 Å². The van der Waals surface area contributed by atoms with Crippen molar-refractivity contribution in [2.45, 2.75) is 19.8 Å². The fraction of sp³-hybridized carbons (Fsp3) is 0.214. The molecule has 5 rings (SSSR count). The first-order valence-electron chi connectivity index (χ1n) is 11.5. The number of anilines is 1. The minimum atomic E-state index is -1.50. The molecule has 1 heterocycles. The zero-order chi connectivity index (χ0) is 23.7. The second-order valence-electron chi connectivity index (χ2n) is 8.25. The number of benzene rings is 4. The fourth-order valence-corrected chi connectivity index (χ4v) is 4.76. The molecule has 0 aliphatic carbocycles. The number of carbonyl (C=O) groups excluding carboxylic acids is 2. The standard InChI is InChI=1S/C28H26N2O4/c1-3-30(4-2)28(33-26(31)27(32)34-28)18-29-25-22-14-8-6-11-20(22)16-17-24(25)23-15-9-12-19-10-5-7-13-21(19)23/h5-17,29H,3-4,18H2,1-2H3. The average Bonchev–Trinajstić information content (AvgIpc) is 3.16. The second kappa shape index (κ2) is 8.80. The Morgan fingerprint density at radius 3 is 1.97 bits per heavy atom. The first-order valence-corrected chi connectivity index (χ1v) is 11.5. The molecule has 1 fully saturated rings. The largest absolute Gasteiger partial charge is 0.421 e. The van der Waals surface area contributed by atoms with E-state index in [1.54, 1.807) is 0 Å². The smallest absolute Gasteiger partial charge is 0.398 e.